The van der Waals surface area contributed by atoms with E-state index in [2.05, 4.69) is 109 Å². The fourth-order valence-electron chi connectivity index (χ4n) is 8.22. The molecule has 1 aliphatic heterocycles. The van der Waals surface area contributed by atoms with E-state index in [4.69, 9.17) is 19.4 Å². The SMILES string of the molecule is c1ccc(-c2nc(-c3ccc4c(c3)Sc3ccccc3C43c4ccccc4-c4ccccc43)nc(-c3ccc4c(c3)oc3ccccc34)n2)cc1. The number of rotatable bonds is 3. The highest BCUT2D eigenvalue weighted by atomic mass is 32.2. The standard InChI is InChI=1S/C46H27N3OS/c1-2-12-28(13-3-1)43-47-44(29-22-24-34-33-16-6-10-20-39(33)50-40(34)26-29)49-45(48-43)30-23-25-38-42(27-30)51-41-21-11-9-19-37(41)46(38)35-17-7-4-14-31(35)32-15-5-8-18-36(32)46/h1-27H. The molecule has 0 atom stereocenters. The molecular weight excluding hydrogens is 643 g/mol. The predicted octanol–water partition coefficient (Wildman–Crippen LogP) is 11.6. The zero-order valence-electron chi connectivity index (χ0n) is 27.2. The van der Waals surface area contributed by atoms with Gasteiger partial charge in [0.25, 0.3) is 0 Å². The Morgan fingerprint density at radius 2 is 0.941 bits per heavy atom. The Morgan fingerprint density at radius 1 is 0.392 bits per heavy atom. The molecule has 1 spiro atoms. The first-order valence-electron chi connectivity index (χ1n) is 17.1. The third-order valence-corrected chi connectivity index (χ3v) is 11.5. The quantitative estimate of drug-likeness (QED) is 0.187. The Hall–Kier alpha value is -6.30. The third-order valence-electron chi connectivity index (χ3n) is 10.4. The van der Waals surface area contributed by atoms with Gasteiger partial charge >= 0.3 is 0 Å². The van der Waals surface area contributed by atoms with Crippen LogP contribution in [0.2, 0.25) is 0 Å². The normalized spacial score (nSPS) is 13.6. The second kappa shape index (κ2) is 10.8. The number of hydrogen-bond donors (Lipinski definition) is 0. The van der Waals surface area contributed by atoms with Crippen molar-refractivity contribution in [2.45, 2.75) is 15.2 Å². The van der Waals surface area contributed by atoms with E-state index in [1.165, 1.54) is 43.2 Å². The van der Waals surface area contributed by atoms with E-state index in [9.17, 15) is 0 Å². The summed E-state index contributed by atoms with van der Waals surface area (Å²) in [5, 5.41) is 2.17. The molecule has 2 aliphatic rings. The summed E-state index contributed by atoms with van der Waals surface area (Å²) >= 11 is 1.82. The molecule has 7 aromatic carbocycles. The van der Waals surface area contributed by atoms with Crippen molar-refractivity contribution in [3.8, 4) is 45.3 Å². The van der Waals surface area contributed by atoms with Gasteiger partial charge < -0.3 is 4.42 Å². The average molecular weight is 670 g/mol. The molecule has 0 saturated carbocycles. The molecule has 0 unspecified atom stereocenters. The van der Waals surface area contributed by atoms with Gasteiger partial charge in [-0.3, -0.25) is 0 Å². The van der Waals surface area contributed by atoms with Gasteiger partial charge in [0, 0.05) is 37.3 Å². The van der Waals surface area contributed by atoms with E-state index in [0.29, 0.717) is 17.5 Å². The summed E-state index contributed by atoms with van der Waals surface area (Å²) in [6.07, 6.45) is 0. The molecule has 2 aromatic heterocycles. The topological polar surface area (TPSA) is 51.8 Å². The lowest BCUT2D eigenvalue weighted by molar-refractivity contribution is 0.669. The first-order valence-corrected chi connectivity index (χ1v) is 17.9. The number of nitrogens with zero attached hydrogens (tertiary/aromatic N) is 3. The molecule has 11 rings (SSSR count). The van der Waals surface area contributed by atoms with Gasteiger partial charge in [-0.1, -0.05) is 145 Å². The summed E-state index contributed by atoms with van der Waals surface area (Å²) in [5.74, 6) is 1.87. The first kappa shape index (κ1) is 28.5. The molecular formula is C46H27N3OS. The van der Waals surface area contributed by atoms with Gasteiger partial charge in [0.05, 0.1) is 5.41 Å². The van der Waals surface area contributed by atoms with Crippen LogP contribution in [0.3, 0.4) is 0 Å². The van der Waals surface area contributed by atoms with Crippen molar-refractivity contribution in [2.24, 2.45) is 0 Å². The van der Waals surface area contributed by atoms with E-state index >= 15 is 0 Å². The van der Waals surface area contributed by atoms with Crippen LogP contribution in [0.15, 0.2) is 178 Å². The Morgan fingerprint density at radius 3 is 1.71 bits per heavy atom. The minimum Gasteiger partial charge on any atom is -0.456 e. The Kier molecular flexibility index (Phi) is 6.07. The average Bonchev–Trinajstić information content (AvgIpc) is 3.72. The van der Waals surface area contributed by atoms with E-state index < -0.39 is 5.41 Å². The molecule has 0 fully saturated rings. The number of hydrogen-bond acceptors (Lipinski definition) is 5. The summed E-state index contributed by atoms with van der Waals surface area (Å²) in [7, 11) is 0. The van der Waals surface area contributed by atoms with E-state index in [0.717, 1.165) is 38.6 Å². The highest BCUT2D eigenvalue weighted by molar-refractivity contribution is 7.99. The maximum Gasteiger partial charge on any atom is 0.164 e. The number of para-hydroxylation sites is 1. The third kappa shape index (κ3) is 4.13. The molecule has 0 bridgehead atoms. The van der Waals surface area contributed by atoms with Crippen molar-refractivity contribution >= 4 is 33.7 Å². The molecule has 238 valence electrons. The van der Waals surface area contributed by atoms with Gasteiger partial charge in [0.2, 0.25) is 0 Å². The Labute approximate surface area is 298 Å². The van der Waals surface area contributed by atoms with Crippen LogP contribution in [0, 0.1) is 0 Å². The number of benzene rings is 7. The summed E-state index contributed by atoms with van der Waals surface area (Å²) in [6, 6.07) is 57.9. The van der Waals surface area contributed by atoms with Gasteiger partial charge in [-0.15, -0.1) is 0 Å². The number of furan rings is 1. The molecule has 5 heteroatoms. The summed E-state index contributed by atoms with van der Waals surface area (Å²) in [5.41, 5.74) is 11.8. The van der Waals surface area contributed by atoms with Crippen molar-refractivity contribution in [3.63, 3.8) is 0 Å². The van der Waals surface area contributed by atoms with Crippen LogP contribution in [-0.4, -0.2) is 15.0 Å². The molecule has 0 radical (unpaired) electrons. The second-order valence-electron chi connectivity index (χ2n) is 13.1. The molecule has 9 aromatic rings. The molecule has 0 amide bonds. The number of aromatic nitrogens is 3. The lowest BCUT2D eigenvalue weighted by Gasteiger charge is -2.39. The maximum atomic E-state index is 6.26. The van der Waals surface area contributed by atoms with Crippen molar-refractivity contribution in [3.05, 3.63) is 186 Å². The first-order chi connectivity index (χ1) is 25.3. The summed E-state index contributed by atoms with van der Waals surface area (Å²) in [4.78, 5) is 17.7. The fourth-order valence-corrected chi connectivity index (χ4v) is 9.45. The summed E-state index contributed by atoms with van der Waals surface area (Å²) < 4.78 is 6.26. The van der Waals surface area contributed by atoms with Crippen LogP contribution < -0.4 is 0 Å². The highest BCUT2D eigenvalue weighted by Crippen LogP contribution is 2.62. The Bertz CT molecular complexity index is 2810. The van der Waals surface area contributed by atoms with Crippen molar-refractivity contribution in [1.82, 2.24) is 15.0 Å². The zero-order valence-corrected chi connectivity index (χ0v) is 28.1. The second-order valence-corrected chi connectivity index (χ2v) is 14.2. The van der Waals surface area contributed by atoms with Crippen molar-refractivity contribution in [1.29, 1.82) is 0 Å². The van der Waals surface area contributed by atoms with Crippen LogP contribution >= 0.6 is 11.8 Å². The van der Waals surface area contributed by atoms with E-state index in [1.54, 1.807) is 0 Å². The summed E-state index contributed by atoms with van der Waals surface area (Å²) in [6.45, 7) is 0. The molecule has 3 heterocycles. The van der Waals surface area contributed by atoms with Crippen molar-refractivity contribution in [2.75, 3.05) is 0 Å². The van der Waals surface area contributed by atoms with Crippen LogP contribution in [0.1, 0.15) is 22.3 Å². The van der Waals surface area contributed by atoms with Gasteiger partial charge in [0.15, 0.2) is 17.5 Å². The van der Waals surface area contributed by atoms with Gasteiger partial charge in [-0.25, -0.2) is 15.0 Å². The van der Waals surface area contributed by atoms with Gasteiger partial charge in [0.1, 0.15) is 11.2 Å². The molecule has 1 aliphatic carbocycles. The largest absolute Gasteiger partial charge is 0.456 e. The molecule has 0 N–H and O–H groups in total. The lowest BCUT2D eigenvalue weighted by Crippen LogP contribution is -2.31. The molecule has 4 nitrogen and oxygen atoms in total. The Balaban J connectivity index is 1.12. The lowest BCUT2D eigenvalue weighted by atomic mass is 9.67. The van der Waals surface area contributed by atoms with Crippen LogP contribution in [0.5, 0.6) is 0 Å². The highest BCUT2D eigenvalue weighted by Gasteiger charge is 2.50. The minimum atomic E-state index is -0.426. The predicted molar refractivity (Wildman–Crippen MR) is 205 cm³/mol. The van der Waals surface area contributed by atoms with Crippen LogP contribution in [0.4, 0.5) is 0 Å². The zero-order chi connectivity index (χ0) is 33.5. The monoisotopic (exact) mass is 669 g/mol. The minimum absolute atomic E-state index is 0.426. The van der Waals surface area contributed by atoms with E-state index in [-0.39, 0.29) is 0 Å². The smallest absolute Gasteiger partial charge is 0.164 e. The van der Waals surface area contributed by atoms with Crippen LogP contribution in [0.25, 0.3) is 67.2 Å². The molecule has 0 saturated heterocycles. The van der Waals surface area contributed by atoms with Crippen LogP contribution in [-0.2, 0) is 5.41 Å². The molecule has 51 heavy (non-hydrogen) atoms. The van der Waals surface area contributed by atoms with Gasteiger partial charge in [-0.2, -0.15) is 0 Å². The fraction of sp³-hybridized carbons (Fsp3) is 0.0217. The van der Waals surface area contributed by atoms with E-state index in [1.807, 2.05) is 66.4 Å². The maximum absolute atomic E-state index is 6.26. The van der Waals surface area contributed by atoms with Crippen molar-refractivity contribution < 1.29 is 4.42 Å². The van der Waals surface area contributed by atoms with Gasteiger partial charge in [-0.05, 0) is 63.7 Å². The number of fused-ring (bicyclic) bond motifs is 12.